The molecule has 24 heavy (non-hydrogen) atoms. The molecule has 5 nitrogen and oxygen atoms in total. The number of para-hydroxylation sites is 1. The first-order valence-electron chi connectivity index (χ1n) is 8.41. The van der Waals surface area contributed by atoms with Crippen LogP contribution >= 0.6 is 0 Å². The van der Waals surface area contributed by atoms with Gasteiger partial charge in [0.2, 0.25) is 5.91 Å². The van der Waals surface area contributed by atoms with Crippen molar-refractivity contribution >= 4 is 23.0 Å². The summed E-state index contributed by atoms with van der Waals surface area (Å²) in [5, 5.41) is 3.04. The highest BCUT2D eigenvalue weighted by Crippen LogP contribution is 2.37. The number of rotatable bonds is 2. The molecule has 2 aliphatic rings. The van der Waals surface area contributed by atoms with E-state index in [-0.39, 0.29) is 5.91 Å². The van der Waals surface area contributed by atoms with Crippen molar-refractivity contribution in [3.63, 3.8) is 0 Å². The van der Waals surface area contributed by atoms with Crippen molar-refractivity contribution in [2.45, 2.75) is 18.4 Å². The van der Waals surface area contributed by atoms with Crippen LogP contribution in [-0.4, -0.2) is 31.2 Å². The number of hydrogen-bond acceptors (Lipinski definition) is 4. The third kappa shape index (κ3) is 2.37. The first-order chi connectivity index (χ1) is 11.7. The number of nitrogens with two attached hydrogens (primary N) is 1. The molecule has 5 heteroatoms. The second-order valence-corrected chi connectivity index (χ2v) is 6.54. The molecule has 0 radical (unpaired) electrons. The van der Waals surface area contributed by atoms with Crippen molar-refractivity contribution in [1.29, 1.82) is 0 Å². The van der Waals surface area contributed by atoms with E-state index in [1.165, 1.54) is 5.69 Å². The molecule has 2 aromatic rings. The molecule has 2 aromatic carbocycles. The Morgan fingerprint density at radius 1 is 0.917 bits per heavy atom. The minimum Gasteiger partial charge on any atom is -0.399 e. The topological polar surface area (TPSA) is 61.6 Å². The fourth-order valence-corrected chi connectivity index (χ4v) is 3.85. The lowest BCUT2D eigenvalue weighted by Gasteiger charge is -2.44. The molecule has 0 aliphatic carbocycles. The maximum absolute atomic E-state index is 12.6. The number of benzene rings is 2. The molecule has 4 rings (SSSR count). The molecule has 2 heterocycles. The van der Waals surface area contributed by atoms with Crippen LogP contribution in [0.1, 0.15) is 12.8 Å². The van der Waals surface area contributed by atoms with Gasteiger partial charge in [-0.3, -0.25) is 4.79 Å². The number of hydrogen-bond donors (Lipinski definition) is 2. The van der Waals surface area contributed by atoms with E-state index in [1.807, 2.05) is 30.3 Å². The molecular weight excluding hydrogens is 300 g/mol. The molecule has 2 fully saturated rings. The smallest absolute Gasteiger partial charge is 0.247 e. The summed E-state index contributed by atoms with van der Waals surface area (Å²) in [6.45, 7) is 2.31. The molecule has 0 saturated carbocycles. The Kier molecular flexibility index (Phi) is 3.56. The second kappa shape index (κ2) is 5.74. The van der Waals surface area contributed by atoms with Gasteiger partial charge in [-0.15, -0.1) is 0 Å². The van der Waals surface area contributed by atoms with E-state index in [0.29, 0.717) is 6.67 Å². The van der Waals surface area contributed by atoms with Gasteiger partial charge in [-0.05, 0) is 49.2 Å². The number of carbonyl (C=O) groups excluding carboxylic acids is 1. The Bertz CT molecular complexity index is 721. The zero-order valence-electron chi connectivity index (χ0n) is 13.6. The molecule has 3 N–H and O–H groups in total. The van der Waals surface area contributed by atoms with Gasteiger partial charge < -0.3 is 20.9 Å². The Hall–Kier alpha value is -2.69. The monoisotopic (exact) mass is 322 g/mol. The van der Waals surface area contributed by atoms with E-state index in [2.05, 4.69) is 39.4 Å². The van der Waals surface area contributed by atoms with Gasteiger partial charge in [0.1, 0.15) is 5.54 Å². The van der Waals surface area contributed by atoms with Crippen LogP contribution in [0.5, 0.6) is 0 Å². The second-order valence-electron chi connectivity index (χ2n) is 6.54. The molecule has 0 aromatic heterocycles. The van der Waals surface area contributed by atoms with Gasteiger partial charge in [0.25, 0.3) is 0 Å². The van der Waals surface area contributed by atoms with Gasteiger partial charge in [0, 0.05) is 30.2 Å². The van der Waals surface area contributed by atoms with Gasteiger partial charge in [-0.1, -0.05) is 18.2 Å². The van der Waals surface area contributed by atoms with Crippen LogP contribution in [0.15, 0.2) is 54.6 Å². The Balaban J connectivity index is 1.55. The summed E-state index contributed by atoms with van der Waals surface area (Å²) in [5.41, 5.74) is 8.40. The van der Waals surface area contributed by atoms with E-state index in [4.69, 9.17) is 5.73 Å². The Labute approximate surface area is 142 Å². The van der Waals surface area contributed by atoms with E-state index in [0.717, 1.165) is 37.3 Å². The van der Waals surface area contributed by atoms with Crippen LogP contribution in [0, 0.1) is 0 Å². The Morgan fingerprint density at radius 2 is 1.58 bits per heavy atom. The molecular formula is C19H22N4O. The quantitative estimate of drug-likeness (QED) is 0.832. The van der Waals surface area contributed by atoms with Crippen molar-refractivity contribution in [1.82, 2.24) is 5.32 Å². The summed E-state index contributed by atoms with van der Waals surface area (Å²) in [7, 11) is 0. The van der Waals surface area contributed by atoms with Gasteiger partial charge in [-0.2, -0.15) is 0 Å². The third-order valence-corrected chi connectivity index (χ3v) is 5.25. The van der Waals surface area contributed by atoms with E-state index >= 15 is 0 Å². The predicted octanol–water partition coefficient (Wildman–Crippen LogP) is 2.20. The van der Waals surface area contributed by atoms with Crippen molar-refractivity contribution in [2.75, 3.05) is 35.3 Å². The minimum absolute atomic E-state index is 0.156. The molecule has 1 spiro atoms. The highest BCUT2D eigenvalue weighted by Gasteiger charge is 2.50. The van der Waals surface area contributed by atoms with Crippen molar-refractivity contribution < 1.29 is 4.79 Å². The third-order valence-electron chi connectivity index (χ3n) is 5.25. The SMILES string of the molecule is Nc1ccc(N2CCC3(CC2)C(=O)NCN3c2ccccc2)cc1. The standard InChI is InChI=1S/C19H22N4O/c20-15-6-8-16(9-7-15)22-12-10-19(11-13-22)18(24)21-14-23(19)17-4-2-1-3-5-17/h1-9H,10-14,20H2,(H,21,24). The molecule has 0 atom stereocenters. The van der Waals surface area contributed by atoms with Gasteiger partial charge >= 0.3 is 0 Å². The number of piperidine rings is 1. The number of nitrogens with zero attached hydrogens (tertiary/aromatic N) is 2. The number of amides is 1. The number of anilines is 3. The summed E-state index contributed by atoms with van der Waals surface area (Å²) in [5.74, 6) is 0.156. The van der Waals surface area contributed by atoms with Gasteiger partial charge in [-0.25, -0.2) is 0 Å². The van der Waals surface area contributed by atoms with Crippen LogP contribution in [-0.2, 0) is 4.79 Å². The maximum atomic E-state index is 12.6. The summed E-state index contributed by atoms with van der Waals surface area (Å²) < 4.78 is 0. The fourth-order valence-electron chi connectivity index (χ4n) is 3.85. The van der Waals surface area contributed by atoms with E-state index in [9.17, 15) is 4.79 Å². The van der Waals surface area contributed by atoms with Crippen LogP contribution in [0.2, 0.25) is 0 Å². The van der Waals surface area contributed by atoms with Crippen LogP contribution in [0.4, 0.5) is 17.1 Å². The van der Waals surface area contributed by atoms with E-state index < -0.39 is 5.54 Å². The normalized spacial score (nSPS) is 19.6. The summed E-state index contributed by atoms with van der Waals surface area (Å²) in [4.78, 5) is 17.2. The molecule has 0 unspecified atom stereocenters. The molecule has 124 valence electrons. The summed E-state index contributed by atoms with van der Waals surface area (Å²) in [6.07, 6.45) is 1.64. The van der Waals surface area contributed by atoms with Gasteiger partial charge in [0.15, 0.2) is 0 Å². The average molecular weight is 322 g/mol. The van der Waals surface area contributed by atoms with Gasteiger partial charge in [0.05, 0.1) is 6.67 Å². The lowest BCUT2D eigenvalue weighted by molar-refractivity contribution is -0.124. The minimum atomic E-state index is -0.425. The van der Waals surface area contributed by atoms with Crippen molar-refractivity contribution in [3.8, 4) is 0 Å². The average Bonchev–Trinajstić information content (AvgIpc) is 2.94. The first kappa shape index (κ1) is 14.9. The summed E-state index contributed by atoms with van der Waals surface area (Å²) in [6, 6.07) is 18.2. The predicted molar refractivity (Wildman–Crippen MR) is 97.0 cm³/mol. The number of nitrogen functional groups attached to an aromatic ring is 1. The molecule has 2 aliphatic heterocycles. The lowest BCUT2D eigenvalue weighted by atomic mass is 9.85. The van der Waals surface area contributed by atoms with Crippen LogP contribution < -0.4 is 20.9 Å². The van der Waals surface area contributed by atoms with Crippen LogP contribution in [0.25, 0.3) is 0 Å². The zero-order chi connectivity index (χ0) is 16.6. The number of nitrogens with one attached hydrogen (secondary N) is 1. The first-order valence-corrected chi connectivity index (χ1v) is 8.41. The molecule has 1 amide bonds. The van der Waals surface area contributed by atoms with Crippen molar-refractivity contribution in [3.05, 3.63) is 54.6 Å². The molecule has 0 bridgehead atoms. The largest absolute Gasteiger partial charge is 0.399 e. The van der Waals surface area contributed by atoms with Crippen LogP contribution in [0.3, 0.4) is 0 Å². The van der Waals surface area contributed by atoms with Crippen molar-refractivity contribution in [2.24, 2.45) is 0 Å². The zero-order valence-corrected chi connectivity index (χ0v) is 13.6. The number of carbonyl (C=O) groups is 1. The fraction of sp³-hybridized carbons (Fsp3) is 0.316. The van der Waals surface area contributed by atoms with E-state index in [1.54, 1.807) is 0 Å². The highest BCUT2D eigenvalue weighted by atomic mass is 16.2. The summed E-state index contributed by atoms with van der Waals surface area (Å²) >= 11 is 0. The molecule has 2 saturated heterocycles. The lowest BCUT2D eigenvalue weighted by Crippen LogP contribution is -2.56. The maximum Gasteiger partial charge on any atom is 0.247 e. The Morgan fingerprint density at radius 3 is 2.25 bits per heavy atom. The highest BCUT2D eigenvalue weighted by molar-refractivity contribution is 5.93.